The Kier molecular flexibility index (Phi) is 9.60. The van der Waals surface area contributed by atoms with Crippen molar-refractivity contribution in [3.8, 4) is 17.0 Å². The van der Waals surface area contributed by atoms with E-state index in [4.69, 9.17) is 45.3 Å². The number of fused-ring (bicyclic) bond motifs is 1. The predicted molar refractivity (Wildman–Crippen MR) is 157 cm³/mol. The fraction of sp³-hybridized carbons (Fsp3) is 0.241. The van der Waals surface area contributed by atoms with Gasteiger partial charge in [-0.05, 0) is 55.8 Å². The van der Waals surface area contributed by atoms with Crippen LogP contribution in [0.3, 0.4) is 0 Å². The highest BCUT2D eigenvalue weighted by molar-refractivity contribution is 6.36. The first-order valence-corrected chi connectivity index (χ1v) is 13.9. The Morgan fingerprint density at radius 3 is 2.30 bits per heavy atom. The van der Waals surface area contributed by atoms with Crippen LogP contribution in [0.5, 0.6) is 5.75 Å². The summed E-state index contributed by atoms with van der Waals surface area (Å²) in [6, 6.07) is 7.20. The molecule has 4 N–H and O–H groups in total. The van der Waals surface area contributed by atoms with Gasteiger partial charge in [0.05, 0.1) is 45.9 Å². The lowest BCUT2D eigenvalue weighted by Gasteiger charge is -2.31. The average Bonchev–Trinajstić information content (AvgIpc) is 2.93. The minimum Gasteiger partial charge on any atom is -0.491 e. The van der Waals surface area contributed by atoms with Crippen molar-refractivity contribution in [3.05, 3.63) is 85.9 Å². The number of primary amides is 1. The van der Waals surface area contributed by atoms with Crippen LogP contribution in [0.1, 0.15) is 34.1 Å². The maximum absolute atomic E-state index is 14.6. The van der Waals surface area contributed by atoms with E-state index in [2.05, 4.69) is 15.3 Å². The molecule has 1 atom stereocenters. The summed E-state index contributed by atoms with van der Waals surface area (Å²) in [6.45, 7) is 1.90. The Morgan fingerprint density at radius 2 is 1.70 bits per heavy atom. The van der Waals surface area contributed by atoms with Crippen molar-refractivity contribution in [1.82, 2.24) is 15.3 Å². The Bertz CT molecular complexity index is 1770. The van der Waals surface area contributed by atoms with Crippen LogP contribution >= 0.6 is 34.8 Å². The van der Waals surface area contributed by atoms with E-state index in [1.807, 2.05) is 0 Å². The molecule has 0 radical (unpaired) electrons. The predicted octanol–water partition coefficient (Wildman–Crippen LogP) is 6.31. The first-order valence-electron chi connectivity index (χ1n) is 12.8. The van der Waals surface area contributed by atoms with E-state index < -0.39 is 58.1 Å². The van der Waals surface area contributed by atoms with E-state index in [9.17, 15) is 32.3 Å². The van der Waals surface area contributed by atoms with Crippen molar-refractivity contribution >= 4 is 57.5 Å². The number of nitrogens with zero attached hydrogens (tertiary/aromatic N) is 2. The minimum atomic E-state index is -5.41. The van der Waals surface area contributed by atoms with Crippen molar-refractivity contribution in [2.24, 2.45) is 5.73 Å². The number of hydrogen-bond acceptors (Lipinski definition) is 6. The lowest BCUT2D eigenvalue weighted by molar-refractivity contribution is -0.265. The summed E-state index contributed by atoms with van der Waals surface area (Å²) < 4.78 is 63.7. The number of aromatic nitrogens is 2. The third-order valence-corrected chi connectivity index (χ3v) is 7.33. The third kappa shape index (κ3) is 6.68. The summed E-state index contributed by atoms with van der Waals surface area (Å²) in [5.41, 5.74) is 0.973. The molecule has 232 valence electrons. The Hall–Kier alpha value is -3.71. The topological polar surface area (TPSA) is 127 Å². The molecular formula is C29H23Cl3F4N4O4. The summed E-state index contributed by atoms with van der Waals surface area (Å²) in [4.78, 5) is 33.2. The molecule has 0 unspecified atom stereocenters. The van der Waals surface area contributed by atoms with E-state index in [0.717, 1.165) is 23.8 Å². The maximum atomic E-state index is 14.6. The molecule has 2 heterocycles. The van der Waals surface area contributed by atoms with Crippen LogP contribution in [-0.2, 0) is 16.8 Å². The maximum Gasteiger partial charge on any atom is 0.424 e. The molecule has 0 bridgehead atoms. The Labute approximate surface area is 263 Å². The van der Waals surface area contributed by atoms with Gasteiger partial charge >= 0.3 is 6.18 Å². The SMILES string of the molecule is CCOc1c(CC(N)=O)cc([C@@](O)(CNC(=O)c2cc(Cl)c3ncc(C)cc3c2)C(F)(F)F)nc1-c1cc(Cl)c(F)c(Cl)c1. The van der Waals surface area contributed by atoms with E-state index in [0.29, 0.717) is 10.9 Å². The molecular weight excluding hydrogens is 651 g/mol. The molecule has 0 aliphatic heterocycles. The normalized spacial score (nSPS) is 13.0. The van der Waals surface area contributed by atoms with Crippen LogP contribution in [0, 0.1) is 12.7 Å². The molecule has 0 aliphatic rings. The summed E-state index contributed by atoms with van der Waals surface area (Å²) >= 11 is 18.1. The number of carbonyl (C=O) groups excluding carboxylic acids is 2. The minimum absolute atomic E-state index is 0.0224. The standard InChI is InChI=1S/C29H23Cl3F4N4O4/c1-3-44-26-16(10-22(37)41)9-21(40-25(26)15-6-18(30)23(33)19(31)7-15)28(43,29(34,35)36)12-39-27(42)17-5-14-4-13(2)11-38-24(14)20(32)8-17/h4-9,11,43H,3,10,12H2,1-2H3,(H2,37,41)(H,39,42)/t28-/m0/s1. The largest absolute Gasteiger partial charge is 0.491 e. The number of amides is 2. The highest BCUT2D eigenvalue weighted by atomic mass is 35.5. The zero-order valence-corrected chi connectivity index (χ0v) is 25.2. The van der Waals surface area contributed by atoms with E-state index >= 15 is 0 Å². The number of rotatable bonds is 9. The quantitative estimate of drug-likeness (QED) is 0.141. The fourth-order valence-electron chi connectivity index (χ4n) is 4.40. The van der Waals surface area contributed by atoms with Gasteiger partial charge in [0.1, 0.15) is 11.4 Å². The van der Waals surface area contributed by atoms with Gasteiger partial charge in [-0.15, -0.1) is 0 Å². The number of hydrogen-bond donors (Lipinski definition) is 3. The summed E-state index contributed by atoms with van der Waals surface area (Å²) in [7, 11) is 0. The molecule has 0 aliphatic carbocycles. The van der Waals surface area contributed by atoms with Crippen LogP contribution in [0.4, 0.5) is 17.6 Å². The van der Waals surface area contributed by atoms with Crippen molar-refractivity contribution in [2.75, 3.05) is 13.2 Å². The van der Waals surface area contributed by atoms with Gasteiger partial charge in [0, 0.05) is 28.3 Å². The van der Waals surface area contributed by atoms with Crippen molar-refractivity contribution < 1.29 is 37.0 Å². The molecule has 0 fully saturated rings. The number of halogens is 7. The Morgan fingerprint density at radius 1 is 1.05 bits per heavy atom. The van der Waals surface area contributed by atoms with Gasteiger partial charge in [-0.25, -0.2) is 9.37 Å². The fourth-order valence-corrected chi connectivity index (χ4v) is 5.17. The van der Waals surface area contributed by atoms with Crippen molar-refractivity contribution in [2.45, 2.75) is 32.0 Å². The van der Waals surface area contributed by atoms with Crippen LogP contribution in [0.2, 0.25) is 15.1 Å². The molecule has 15 heteroatoms. The highest BCUT2D eigenvalue weighted by Gasteiger charge is 2.56. The number of carbonyl (C=O) groups is 2. The smallest absolute Gasteiger partial charge is 0.424 e. The van der Waals surface area contributed by atoms with Gasteiger partial charge in [0.25, 0.3) is 5.91 Å². The van der Waals surface area contributed by atoms with Crippen LogP contribution < -0.4 is 15.8 Å². The number of pyridine rings is 2. The molecule has 2 aromatic carbocycles. The third-order valence-electron chi connectivity index (χ3n) is 6.49. The zero-order valence-electron chi connectivity index (χ0n) is 23.0. The summed E-state index contributed by atoms with van der Waals surface area (Å²) in [5, 5.41) is 12.9. The zero-order chi connectivity index (χ0) is 32.6. The summed E-state index contributed by atoms with van der Waals surface area (Å²) in [5.74, 6) is -3.08. The first kappa shape index (κ1) is 33.2. The number of nitrogens with two attached hydrogens (primary N) is 1. The van der Waals surface area contributed by atoms with Gasteiger partial charge in [0.2, 0.25) is 11.5 Å². The molecule has 0 saturated heterocycles. The number of aryl methyl sites for hydroxylation is 1. The lowest BCUT2D eigenvalue weighted by Crippen LogP contribution is -2.51. The van der Waals surface area contributed by atoms with E-state index in [1.165, 1.54) is 12.1 Å². The van der Waals surface area contributed by atoms with E-state index in [1.54, 1.807) is 26.1 Å². The second kappa shape index (κ2) is 12.7. The van der Waals surface area contributed by atoms with Crippen LogP contribution in [-0.4, -0.2) is 46.2 Å². The molecule has 4 aromatic rings. The van der Waals surface area contributed by atoms with Gasteiger partial charge in [-0.2, -0.15) is 13.2 Å². The lowest BCUT2D eigenvalue weighted by atomic mass is 9.93. The first-order chi connectivity index (χ1) is 20.5. The van der Waals surface area contributed by atoms with Crippen molar-refractivity contribution in [3.63, 3.8) is 0 Å². The number of nitrogens with one attached hydrogen (secondary N) is 1. The van der Waals surface area contributed by atoms with Gasteiger partial charge in [-0.1, -0.05) is 34.8 Å². The highest BCUT2D eigenvalue weighted by Crippen LogP contribution is 2.43. The van der Waals surface area contributed by atoms with Gasteiger partial charge < -0.3 is 20.9 Å². The number of alkyl halides is 3. The van der Waals surface area contributed by atoms with Crippen LogP contribution in [0.25, 0.3) is 22.2 Å². The van der Waals surface area contributed by atoms with Crippen LogP contribution in [0.15, 0.2) is 42.6 Å². The monoisotopic (exact) mass is 672 g/mol. The summed E-state index contributed by atoms with van der Waals surface area (Å²) in [6.07, 6.45) is -4.47. The molecule has 44 heavy (non-hydrogen) atoms. The number of ether oxygens (including phenoxy) is 1. The molecule has 2 amide bonds. The second-order valence-corrected chi connectivity index (χ2v) is 11.0. The molecule has 8 nitrogen and oxygen atoms in total. The number of aliphatic hydroxyl groups is 1. The molecule has 2 aromatic heterocycles. The second-order valence-electron chi connectivity index (χ2n) is 9.76. The number of benzene rings is 2. The van der Waals surface area contributed by atoms with E-state index in [-0.39, 0.29) is 39.8 Å². The van der Waals surface area contributed by atoms with Gasteiger partial charge in [0.15, 0.2) is 5.82 Å². The molecule has 0 spiro atoms. The van der Waals surface area contributed by atoms with Gasteiger partial charge in [-0.3, -0.25) is 14.6 Å². The average molecular weight is 674 g/mol. The molecule has 0 saturated carbocycles. The Balaban J connectivity index is 1.84. The molecule has 4 rings (SSSR count). The van der Waals surface area contributed by atoms with Crippen molar-refractivity contribution in [1.29, 1.82) is 0 Å².